The second kappa shape index (κ2) is 6.50. The number of carboxylic acid groups (broad SMARTS) is 1. The average Bonchev–Trinajstić information content (AvgIpc) is 2.70. The fourth-order valence-electron chi connectivity index (χ4n) is 2.42. The minimum atomic E-state index is -0.842. The van der Waals surface area contributed by atoms with Crippen molar-refractivity contribution in [1.29, 1.82) is 0 Å². The standard InChI is InChI=1S/C15H19NO3/c17-14-11-16(10-13(14)9-15(18)19)8-4-7-12-5-2-1-3-6-12/h1-7,13-14,17H,8-11H2,(H,18,19)/b7-4+/t13-,14-/m1/s1. The van der Waals surface area contributed by atoms with Crippen molar-refractivity contribution in [2.45, 2.75) is 12.5 Å². The molecule has 1 fully saturated rings. The summed E-state index contributed by atoms with van der Waals surface area (Å²) in [7, 11) is 0. The number of hydrogen-bond donors (Lipinski definition) is 2. The van der Waals surface area contributed by atoms with Gasteiger partial charge >= 0.3 is 5.97 Å². The first-order valence-electron chi connectivity index (χ1n) is 6.49. The summed E-state index contributed by atoms with van der Waals surface area (Å²) in [5.74, 6) is -0.992. The van der Waals surface area contributed by atoms with Crippen LogP contribution in [0.1, 0.15) is 12.0 Å². The predicted molar refractivity (Wildman–Crippen MR) is 73.7 cm³/mol. The Morgan fingerprint density at radius 2 is 2.05 bits per heavy atom. The highest BCUT2D eigenvalue weighted by molar-refractivity contribution is 5.67. The van der Waals surface area contributed by atoms with Gasteiger partial charge in [-0.3, -0.25) is 9.69 Å². The van der Waals surface area contributed by atoms with Gasteiger partial charge in [0.15, 0.2) is 0 Å². The summed E-state index contributed by atoms with van der Waals surface area (Å²) >= 11 is 0. The van der Waals surface area contributed by atoms with E-state index in [2.05, 4.69) is 4.90 Å². The number of carboxylic acids is 1. The van der Waals surface area contributed by atoms with Crippen molar-refractivity contribution >= 4 is 12.0 Å². The highest BCUT2D eigenvalue weighted by atomic mass is 16.4. The van der Waals surface area contributed by atoms with E-state index in [0.29, 0.717) is 13.1 Å². The van der Waals surface area contributed by atoms with Crippen LogP contribution in [0, 0.1) is 5.92 Å². The number of β-amino-alcohol motifs (C(OH)–C–C–N with tert-alkyl or cyclic N) is 1. The largest absolute Gasteiger partial charge is 0.481 e. The molecule has 2 atom stereocenters. The van der Waals surface area contributed by atoms with Crippen LogP contribution >= 0.6 is 0 Å². The SMILES string of the molecule is O=C(O)C[C@@H]1CN(C/C=C/c2ccccc2)C[C@H]1O. The third-order valence-corrected chi connectivity index (χ3v) is 3.39. The van der Waals surface area contributed by atoms with Gasteiger partial charge in [-0.15, -0.1) is 0 Å². The number of likely N-dealkylation sites (tertiary alicyclic amines) is 1. The van der Waals surface area contributed by atoms with Crippen LogP contribution in [-0.2, 0) is 4.79 Å². The molecule has 0 aromatic heterocycles. The second-order valence-electron chi connectivity index (χ2n) is 4.96. The van der Waals surface area contributed by atoms with Crippen LogP contribution < -0.4 is 0 Å². The molecule has 0 bridgehead atoms. The van der Waals surface area contributed by atoms with Gasteiger partial charge in [0.05, 0.1) is 12.5 Å². The summed E-state index contributed by atoms with van der Waals surface area (Å²) in [6.07, 6.45) is 3.60. The van der Waals surface area contributed by atoms with Gasteiger partial charge in [0.2, 0.25) is 0 Å². The van der Waals surface area contributed by atoms with Gasteiger partial charge in [-0.05, 0) is 5.56 Å². The van der Waals surface area contributed by atoms with Crippen molar-refractivity contribution in [2.24, 2.45) is 5.92 Å². The van der Waals surface area contributed by atoms with Gasteiger partial charge in [-0.1, -0.05) is 42.5 Å². The Bertz CT molecular complexity index is 444. The maximum Gasteiger partial charge on any atom is 0.303 e. The third-order valence-electron chi connectivity index (χ3n) is 3.39. The second-order valence-corrected chi connectivity index (χ2v) is 4.96. The van der Waals surface area contributed by atoms with E-state index in [-0.39, 0.29) is 12.3 Å². The summed E-state index contributed by atoms with van der Waals surface area (Å²) < 4.78 is 0. The number of hydrogen-bond acceptors (Lipinski definition) is 3. The van der Waals surface area contributed by atoms with Crippen molar-refractivity contribution in [3.63, 3.8) is 0 Å². The van der Waals surface area contributed by atoms with Crippen LogP contribution in [0.15, 0.2) is 36.4 Å². The van der Waals surface area contributed by atoms with E-state index in [4.69, 9.17) is 5.11 Å². The van der Waals surface area contributed by atoms with Gasteiger partial charge < -0.3 is 10.2 Å². The van der Waals surface area contributed by atoms with Crippen molar-refractivity contribution in [3.05, 3.63) is 42.0 Å². The molecule has 4 heteroatoms. The van der Waals surface area contributed by atoms with E-state index < -0.39 is 12.1 Å². The van der Waals surface area contributed by atoms with Crippen LogP contribution in [0.5, 0.6) is 0 Å². The maximum absolute atomic E-state index is 10.7. The Morgan fingerprint density at radius 3 is 2.74 bits per heavy atom. The van der Waals surface area contributed by atoms with Crippen LogP contribution in [0.4, 0.5) is 0 Å². The number of rotatable bonds is 5. The molecule has 0 aliphatic carbocycles. The molecule has 1 aliphatic heterocycles. The fourth-order valence-corrected chi connectivity index (χ4v) is 2.42. The molecule has 1 aromatic carbocycles. The molecule has 1 aromatic rings. The van der Waals surface area contributed by atoms with Gasteiger partial charge in [0, 0.05) is 25.6 Å². The predicted octanol–water partition coefficient (Wildman–Crippen LogP) is 1.47. The molecule has 19 heavy (non-hydrogen) atoms. The minimum absolute atomic E-state index is 0.0417. The molecular weight excluding hydrogens is 242 g/mol. The molecule has 1 aliphatic rings. The Balaban J connectivity index is 1.82. The molecule has 0 radical (unpaired) electrons. The third kappa shape index (κ3) is 4.19. The van der Waals surface area contributed by atoms with Gasteiger partial charge in [-0.25, -0.2) is 0 Å². The van der Waals surface area contributed by atoms with Crippen LogP contribution in [0.3, 0.4) is 0 Å². The van der Waals surface area contributed by atoms with Crippen LogP contribution in [-0.4, -0.2) is 46.8 Å². The monoisotopic (exact) mass is 261 g/mol. The molecule has 0 saturated carbocycles. The Hall–Kier alpha value is -1.65. The molecule has 4 nitrogen and oxygen atoms in total. The first-order chi connectivity index (χ1) is 9.15. The van der Waals surface area contributed by atoms with E-state index in [1.807, 2.05) is 42.5 Å². The zero-order valence-corrected chi connectivity index (χ0v) is 10.8. The summed E-state index contributed by atoms with van der Waals surface area (Å²) in [4.78, 5) is 12.7. The molecule has 0 unspecified atom stereocenters. The first-order valence-corrected chi connectivity index (χ1v) is 6.49. The number of nitrogens with zero attached hydrogens (tertiary/aromatic N) is 1. The fraction of sp³-hybridized carbons (Fsp3) is 0.400. The Labute approximate surface area is 113 Å². The topological polar surface area (TPSA) is 60.8 Å². The van der Waals surface area contributed by atoms with Crippen molar-refractivity contribution in [2.75, 3.05) is 19.6 Å². The van der Waals surface area contributed by atoms with Gasteiger partial charge in [0.1, 0.15) is 0 Å². The van der Waals surface area contributed by atoms with Gasteiger partial charge in [0.25, 0.3) is 0 Å². The van der Waals surface area contributed by atoms with Crippen molar-refractivity contribution < 1.29 is 15.0 Å². The normalized spacial score (nSPS) is 24.1. The van der Waals surface area contributed by atoms with E-state index in [0.717, 1.165) is 12.1 Å². The summed E-state index contributed by atoms with van der Waals surface area (Å²) in [6, 6.07) is 10.0. The lowest BCUT2D eigenvalue weighted by atomic mass is 10.0. The van der Waals surface area contributed by atoms with Crippen LogP contribution in [0.2, 0.25) is 0 Å². The number of aliphatic hydroxyl groups is 1. The first kappa shape index (κ1) is 13.8. The molecule has 0 amide bonds. The molecule has 1 saturated heterocycles. The highest BCUT2D eigenvalue weighted by Crippen LogP contribution is 2.20. The number of aliphatic hydroxyl groups excluding tert-OH is 1. The lowest BCUT2D eigenvalue weighted by Gasteiger charge is -2.11. The Kier molecular flexibility index (Phi) is 4.71. The van der Waals surface area contributed by atoms with Crippen LogP contribution in [0.25, 0.3) is 6.08 Å². The zero-order chi connectivity index (χ0) is 13.7. The smallest absolute Gasteiger partial charge is 0.303 e. The molecule has 2 rings (SSSR count). The van der Waals surface area contributed by atoms with E-state index in [9.17, 15) is 9.90 Å². The maximum atomic E-state index is 10.7. The molecule has 1 heterocycles. The van der Waals surface area contributed by atoms with Crippen molar-refractivity contribution in [3.8, 4) is 0 Å². The van der Waals surface area contributed by atoms with E-state index in [1.54, 1.807) is 0 Å². The van der Waals surface area contributed by atoms with E-state index in [1.165, 1.54) is 0 Å². The van der Waals surface area contributed by atoms with Gasteiger partial charge in [-0.2, -0.15) is 0 Å². The molecular formula is C15H19NO3. The molecule has 2 N–H and O–H groups in total. The lowest BCUT2D eigenvalue weighted by Crippen LogP contribution is -2.21. The number of benzene rings is 1. The summed E-state index contributed by atoms with van der Waals surface area (Å²) in [5, 5.41) is 18.6. The Morgan fingerprint density at radius 1 is 1.32 bits per heavy atom. The number of carbonyl (C=O) groups is 1. The average molecular weight is 261 g/mol. The zero-order valence-electron chi connectivity index (χ0n) is 10.8. The van der Waals surface area contributed by atoms with Crippen molar-refractivity contribution in [1.82, 2.24) is 4.90 Å². The van der Waals surface area contributed by atoms with E-state index >= 15 is 0 Å². The highest BCUT2D eigenvalue weighted by Gasteiger charge is 2.31. The number of aliphatic carboxylic acids is 1. The molecule has 102 valence electrons. The summed E-state index contributed by atoms with van der Waals surface area (Å²) in [6.45, 7) is 1.94. The minimum Gasteiger partial charge on any atom is -0.481 e. The summed E-state index contributed by atoms with van der Waals surface area (Å²) in [5.41, 5.74) is 1.14. The molecule has 0 spiro atoms. The quantitative estimate of drug-likeness (QED) is 0.842. The lowest BCUT2D eigenvalue weighted by molar-refractivity contribution is -0.138.